The summed E-state index contributed by atoms with van der Waals surface area (Å²) >= 11 is 0. The third kappa shape index (κ3) is 8.73. The fraction of sp³-hybridized carbons (Fsp3) is 0.400. The average Bonchev–Trinajstić information content (AvgIpc) is 2.78. The number of carbonyl (C=O) groups excluding carboxylic acids is 3. The van der Waals surface area contributed by atoms with Crippen LogP contribution in [0.25, 0.3) is 0 Å². The Bertz CT molecular complexity index is 1060. The number of carbonyl (C=O) groups is 3. The van der Waals surface area contributed by atoms with Crippen molar-refractivity contribution in [3.8, 4) is 5.75 Å². The van der Waals surface area contributed by atoms with E-state index in [4.69, 9.17) is 9.47 Å². The lowest BCUT2D eigenvalue weighted by atomic mass is 9.90. The van der Waals surface area contributed by atoms with Crippen LogP contribution in [-0.2, 0) is 31.9 Å². The molecule has 2 aromatic rings. The van der Waals surface area contributed by atoms with Crippen LogP contribution >= 0.6 is 0 Å². The fourth-order valence-corrected chi connectivity index (χ4v) is 3.46. The van der Waals surface area contributed by atoms with Crippen molar-refractivity contribution in [2.24, 2.45) is 5.92 Å². The molecule has 0 heterocycles. The van der Waals surface area contributed by atoms with E-state index in [-0.39, 0.29) is 19.3 Å². The number of phenolic OH excluding ortho intramolecular Hbond substituents is 1. The normalized spacial score (nSPS) is 12.8. The Balaban J connectivity index is 2.30. The standard InChI is InChI=1S/C25H30N2O8/c1-25(2,3)35-24(31)26-19(13-17-10-11-21(28)20(14-17)27(32)33)22(29)15-18(23(30)34-4)12-16-8-6-5-7-9-16/h5-11,14,18-19,28H,12-13,15H2,1-4H3,(H,26,31)/t18-,19+/m1/s1. The zero-order valence-electron chi connectivity index (χ0n) is 20.1. The molecule has 0 saturated carbocycles. The number of amides is 1. The molecule has 2 atom stereocenters. The molecule has 10 nitrogen and oxygen atoms in total. The Hall–Kier alpha value is -3.95. The van der Waals surface area contributed by atoms with Gasteiger partial charge in [0, 0.05) is 18.9 Å². The summed E-state index contributed by atoms with van der Waals surface area (Å²) in [5, 5.41) is 23.4. The van der Waals surface area contributed by atoms with Crippen LogP contribution in [0.3, 0.4) is 0 Å². The smallest absolute Gasteiger partial charge is 0.408 e. The number of nitrogens with zero attached hydrogens (tertiary/aromatic N) is 1. The first-order valence-electron chi connectivity index (χ1n) is 11.0. The summed E-state index contributed by atoms with van der Waals surface area (Å²) in [6.45, 7) is 5.00. The lowest BCUT2D eigenvalue weighted by Gasteiger charge is -2.24. The van der Waals surface area contributed by atoms with Crippen LogP contribution in [0.4, 0.5) is 10.5 Å². The van der Waals surface area contributed by atoms with Crippen molar-refractivity contribution in [2.45, 2.75) is 51.7 Å². The van der Waals surface area contributed by atoms with Gasteiger partial charge in [0.25, 0.3) is 0 Å². The third-order valence-electron chi connectivity index (χ3n) is 5.06. The summed E-state index contributed by atoms with van der Waals surface area (Å²) in [5.41, 5.74) is -0.178. The highest BCUT2D eigenvalue weighted by Crippen LogP contribution is 2.27. The number of hydrogen-bond acceptors (Lipinski definition) is 8. The number of benzene rings is 2. The summed E-state index contributed by atoms with van der Waals surface area (Å²) in [6.07, 6.45) is -0.939. The number of Topliss-reactive ketones (excluding diaryl/α,β-unsaturated/α-hetero) is 1. The molecule has 10 heteroatoms. The molecule has 0 spiro atoms. The van der Waals surface area contributed by atoms with Gasteiger partial charge in [-0.25, -0.2) is 4.79 Å². The molecule has 0 aliphatic heterocycles. The summed E-state index contributed by atoms with van der Waals surface area (Å²) in [7, 11) is 1.23. The predicted octanol–water partition coefficient (Wildman–Crippen LogP) is 3.73. The maximum absolute atomic E-state index is 13.3. The van der Waals surface area contributed by atoms with E-state index in [1.54, 1.807) is 20.8 Å². The monoisotopic (exact) mass is 486 g/mol. The number of hydrogen-bond donors (Lipinski definition) is 2. The van der Waals surface area contributed by atoms with Gasteiger partial charge >= 0.3 is 17.7 Å². The molecular weight excluding hydrogens is 456 g/mol. The van der Waals surface area contributed by atoms with Crippen LogP contribution in [0.2, 0.25) is 0 Å². The number of alkyl carbamates (subject to hydrolysis) is 1. The quantitative estimate of drug-likeness (QED) is 0.294. The topological polar surface area (TPSA) is 145 Å². The van der Waals surface area contributed by atoms with Crippen LogP contribution in [0.1, 0.15) is 38.3 Å². The van der Waals surface area contributed by atoms with E-state index in [2.05, 4.69) is 5.32 Å². The Morgan fingerprint density at radius 1 is 1.06 bits per heavy atom. The molecule has 0 unspecified atom stereocenters. The van der Waals surface area contributed by atoms with E-state index in [0.29, 0.717) is 5.56 Å². The highest BCUT2D eigenvalue weighted by atomic mass is 16.6. The number of nitro benzene ring substituents is 1. The molecule has 0 aromatic heterocycles. The second-order valence-corrected chi connectivity index (χ2v) is 9.06. The molecule has 188 valence electrons. The van der Waals surface area contributed by atoms with Gasteiger partial charge in [-0.05, 0) is 44.4 Å². The lowest BCUT2D eigenvalue weighted by Crippen LogP contribution is -2.45. The van der Waals surface area contributed by atoms with Crippen molar-refractivity contribution in [3.05, 3.63) is 69.8 Å². The number of esters is 1. The minimum Gasteiger partial charge on any atom is -0.502 e. The van der Waals surface area contributed by atoms with Crippen LogP contribution in [0.5, 0.6) is 5.75 Å². The Kier molecular flexibility index (Phi) is 9.33. The third-order valence-corrected chi connectivity index (χ3v) is 5.06. The van der Waals surface area contributed by atoms with E-state index in [1.807, 2.05) is 30.3 Å². The minimum absolute atomic E-state index is 0.113. The van der Waals surface area contributed by atoms with Crippen molar-refractivity contribution in [3.63, 3.8) is 0 Å². The minimum atomic E-state index is -1.14. The Labute approximate surface area is 203 Å². The highest BCUT2D eigenvalue weighted by molar-refractivity contribution is 5.91. The van der Waals surface area contributed by atoms with Crippen molar-refractivity contribution in [1.29, 1.82) is 0 Å². The summed E-state index contributed by atoms with van der Waals surface area (Å²) in [6, 6.07) is 11.7. The Morgan fingerprint density at radius 2 is 1.71 bits per heavy atom. The lowest BCUT2D eigenvalue weighted by molar-refractivity contribution is -0.385. The van der Waals surface area contributed by atoms with E-state index in [1.165, 1.54) is 13.2 Å². The average molecular weight is 487 g/mol. The van der Waals surface area contributed by atoms with E-state index < -0.39 is 51.8 Å². The number of ether oxygens (including phenoxy) is 2. The van der Waals surface area contributed by atoms with Crippen molar-refractivity contribution < 1.29 is 33.9 Å². The molecule has 2 rings (SSSR count). The molecule has 35 heavy (non-hydrogen) atoms. The van der Waals surface area contributed by atoms with Gasteiger partial charge in [0.15, 0.2) is 11.5 Å². The number of nitro groups is 1. The van der Waals surface area contributed by atoms with Gasteiger partial charge in [-0.15, -0.1) is 0 Å². The van der Waals surface area contributed by atoms with Crippen LogP contribution in [0.15, 0.2) is 48.5 Å². The number of nitrogens with one attached hydrogen (secondary N) is 1. The van der Waals surface area contributed by atoms with Crippen LogP contribution < -0.4 is 5.32 Å². The highest BCUT2D eigenvalue weighted by Gasteiger charge is 2.30. The van der Waals surface area contributed by atoms with E-state index >= 15 is 0 Å². The van der Waals surface area contributed by atoms with Crippen LogP contribution in [-0.4, -0.2) is 46.6 Å². The van der Waals surface area contributed by atoms with Crippen molar-refractivity contribution in [2.75, 3.05) is 7.11 Å². The summed E-state index contributed by atoms with van der Waals surface area (Å²) in [4.78, 5) is 48.6. The predicted molar refractivity (Wildman–Crippen MR) is 127 cm³/mol. The number of methoxy groups -OCH3 is 1. The first-order valence-corrected chi connectivity index (χ1v) is 11.0. The van der Waals surface area contributed by atoms with Gasteiger partial charge in [0.05, 0.1) is 24.0 Å². The van der Waals surface area contributed by atoms with E-state index in [9.17, 15) is 29.6 Å². The molecular formula is C25H30N2O8. The number of phenols is 1. The second kappa shape index (κ2) is 12.0. The molecule has 0 fully saturated rings. The van der Waals surface area contributed by atoms with Crippen LogP contribution in [0, 0.1) is 16.0 Å². The zero-order valence-corrected chi connectivity index (χ0v) is 20.1. The zero-order chi connectivity index (χ0) is 26.2. The van der Waals surface area contributed by atoms with Crippen molar-refractivity contribution in [1.82, 2.24) is 5.32 Å². The molecule has 0 aliphatic carbocycles. The number of aromatic hydroxyl groups is 1. The van der Waals surface area contributed by atoms with E-state index in [0.717, 1.165) is 17.7 Å². The molecule has 1 amide bonds. The van der Waals surface area contributed by atoms with Gasteiger partial charge in [0.1, 0.15) is 5.60 Å². The van der Waals surface area contributed by atoms with Crippen molar-refractivity contribution >= 4 is 23.5 Å². The van der Waals surface area contributed by atoms with Gasteiger partial charge in [-0.1, -0.05) is 36.4 Å². The molecule has 0 aliphatic rings. The van der Waals surface area contributed by atoms with Gasteiger partial charge in [0.2, 0.25) is 0 Å². The summed E-state index contributed by atoms with van der Waals surface area (Å²) < 4.78 is 10.1. The molecule has 2 aromatic carbocycles. The van der Waals surface area contributed by atoms with Gasteiger partial charge in [-0.2, -0.15) is 0 Å². The SMILES string of the molecule is COC(=O)[C@@H](CC(=O)[C@H](Cc1ccc(O)c([N+](=O)[O-])c1)NC(=O)OC(C)(C)C)Cc1ccccc1. The second-order valence-electron chi connectivity index (χ2n) is 9.06. The molecule has 0 saturated heterocycles. The number of ketones is 1. The van der Waals surface area contributed by atoms with Gasteiger partial charge < -0.3 is 19.9 Å². The van der Waals surface area contributed by atoms with Gasteiger partial charge in [-0.3, -0.25) is 19.7 Å². The first-order chi connectivity index (χ1) is 16.4. The maximum atomic E-state index is 13.3. The fourth-order valence-electron chi connectivity index (χ4n) is 3.46. The maximum Gasteiger partial charge on any atom is 0.408 e. The molecule has 0 bridgehead atoms. The number of rotatable bonds is 10. The first kappa shape index (κ1) is 27.3. The summed E-state index contributed by atoms with van der Waals surface area (Å²) in [5.74, 6) is -2.36. The molecule has 2 N–H and O–H groups in total. The largest absolute Gasteiger partial charge is 0.502 e. The molecule has 0 radical (unpaired) electrons. The Morgan fingerprint density at radius 3 is 2.29 bits per heavy atom.